The molecular weight excluding hydrogens is 242 g/mol. The molecule has 0 saturated carbocycles. The van der Waals surface area contributed by atoms with Gasteiger partial charge in [-0.25, -0.2) is 9.69 Å². The third kappa shape index (κ3) is 2.93. The van der Waals surface area contributed by atoms with Gasteiger partial charge in [-0.3, -0.25) is 0 Å². The monoisotopic (exact) mass is 259 g/mol. The second-order valence-corrected chi connectivity index (χ2v) is 10.1. The molecule has 1 heterocycles. The highest BCUT2D eigenvalue weighted by molar-refractivity contribution is 6.83. The second-order valence-electron chi connectivity index (χ2n) is 5.36. The number of carbonyl (C=O) groups excluding carboxylic acids is 1. The zero-order chi connectivity index (χ0) is 13.2. The summed E-state index contributed by atoms with van der Waals surface area (Å²) < 4.78 is 5.10. The molecule has 0 radical (unpaired) electrons. The van der Waals surface area contributed by atoms with E-state index >= 15 is 0 Å². The maximum absolute atomic E-state index is 11.7. The van der Waals surface area contributed by atoms with Crippen LogP contribution in [0.5, 0.6) is 0 Å². The molecule has 1 unspecified atom stereocenters. The number of carbonyl (C=O) groups is 1. The van der Waals surface area contributed by atoms with E-state index in [1.165, 1.54) is 4.90 Å². The Morgan fingerprint density at radius 3 is 2.56 bits per heavy atom. The molecule has 2 rings (SSSR count). The Labute approximate surface area is 109 Å². The molecular formula is C14H17NO2Si. The topological polar surface area (TPSA) is 29.5 Å². The highest BCUT2D eigenvalue weighted by atomic mass is 28.3. The average Bonchev–Trinajstić information content (AvgIpc) is 2.68. The summed E-state index contributed by atoms with van der Waals surface area (Å²) in [5.41, 5.74) is 4.27. The quantitative estimate of drug-likeness (QED) is 0.573. The lowest BCUT2D eigenvalue weighted by Gasteiger charge is -2.15. The van der Waals surface area contributed by atoms with Crippen molar-refractivity contribution in [1.82, 2.24) is 4.90 Å². The summed E-state index contributed by atoms with van der Waals surface area (Å²) in [6, 6.07) is 12.8. The maximum Gasteiger partial charge on any atom is 0.422 e. The first kappa shape index (κ1) is 12.7. The molecule has 0 bridgehead atoms. The average molecular weight is 259 g/mol. The number of hydrogen-bond donors (Lipinski definition) is 0. The molecule has 1 amide bonds. The van der Waals surface area contributed by atoms with E-state index < -0.39 is 8.07 Å². The fraction of sp³-hybridized carbons (Fsp3) is 0.357. The Bertz CT molecular complexity index is 496. The Morgan fingerprint density at radius 1 is 1.28 bits per heavy atom. The lowest BCUT2D eigenvalue weighted by atomic mass is 10.1. The van der Waals surface area contributed by atoms with Gasteiger partial charge in [0.05, 0.1) is 0 Å². The van der Waals surface area contributed by atoms with Crippen LogP contribution in [-0.4, -0.2) is 25.7 Å². The summed E-state index contributed by atoms with van der Waals surface area (Å²) in [5.74, 6) is 0. The standard InChI is InChI=1S/C14H17NO2Si/c1-18(2,3)10-9-15-13(11-17-14(15)16)12-7-5-4-6-8-12/h4-8,13H,11H2,1-3H3. The molecule has 1 saturated heterocycles. The second kappa shape index (κ2) is 4.87. The van der Waals surface area contributed by atoms with Crippen LogP contribution in [0.15, 0.2) is 30.3 Å². The first-order chi connectivity index (χ1) is 8.47. The SMILES string of the molecule is C[Si](C)(C)C#CN1C(=O)OCC1c1ccccc1. The third-order valence-corrected chi connectivity index (χ3v) is 3.47. The number of amides is 1. The van der Waals surface area contributed by atoms with Crippen LogP contribution < -0.4 is 0 Å². The molecule has 1 aliphatic rings. The highest BCUT2D eigenvalue weighted by Crippen LogP contribution is 2.26. The van der Waals surface area contributed by atoms with Crippen LogP contribution in [0.2, 0.25) is 19.6 Å². The van der Waals surface area contributed by atoms with Crippen molar-refractivity contribution in [3.8, 4) is 11.6 Å². The minimum Gasteiger partial charge on any atom is -0.446 e. The van der Waals surface area contributed by atoms with Gasteiger partial charge in [-0.2, -0.15) is 0 Å². The van der Waals surface area contributed by atoms with Crippen LogP contribution in [-0.2, 0) is 4.74 Å². The molecule has 4 heteroatoms. The number of rotatable bonds is 1. The summed E-state index contributed by atoms with van der Waals surface area (Å²) in [6.07, 6.45) is -0.338. The first-order valence-corrected chi connectivity index (χ1v) is 9.51. The molecule has 94 valence electrons. The van der Waals surface area contributed by atoms with E-state index in [1.807, 2.05) is 30.3 Å². The Balaban J connectivity index is 2.26. The van der Waals surface area contributed by atoms with Crippen molar-refractivity contribution in [3.63, 3.8) is 0 Å². The van der Waals surface area contributed by atoms with Crippen LogP contribution in [0.4, 0.5) is 4.79 Å². The summed E-state index contributed by atoms with van der Waals surface area (Å²) in [4.78, 5) is 13.2. The van der Waals surface area contributed by atoms with E-state index in [4.69, 9.17) is 4.74 Å². The van der Waals surface area contributed by atoms with Gasteiger partial charge in [0, 0.05) is 6.04 Å². The molecule has 1 aromatic rings. The van der Waals surface area contributed by atoms with E-state index in [2.05, 4.69) is 31.2 Å². The Hall–Kier alpha value is -1.73. The smallest absolute Gasteiger partial charge is 0.422 e. The van der Waals surface area contributed by atoms with E-state index in [1.54, 1.807) is 0 Å². The third-order valence-electron chi connectivity index (χ3n) is 2.61. The van der Waals surface area contributed by atoms with Gasteiger partial charge in [0.1, 0.15) is 20.7 Å². The molecule has 18 heavy (non-hydrogen) atoms. The zero-order valence-electron chi connectivity index (χ0n) is 10.9. The Morgan fingerprint density at radius 2 is 1.94 bits per heavy atom. The van der Waals surface area contributed by atoms with Crippen LogP contribution >= 0.6 is 0 Å². The number of benzene rings is 1. The van der Waals surface area contributed by atoms with Gasteiger partial charge in [0.25, 0.3) is 0 Å². The van der Waals surface area contributed by atoms with E-state index in [-0.39, 0.29) is 12.1 Å². The molecule has 3 nitrogen and oxygen atoms in total. The number of hydrogen-bond acceptors (Lipinski definition) is 2. The largest absolute Gasteiger partial charge is 0.446 e. The van der Waals surface area contributed by atoms with Crippen LogP contribution in [0.3, 0.4) is 0 Å². The molecule has 1 aromatic carbocycles. The zero-order valence-corrected chi connectivity index (χ0v) is 11.9. The van der Waals surface area contributed by atoms with Gasteiger partial charge in [-0.05, 0) is 5.56 Å². The maximum atomic E-state index is 11.7. The highest BCUT2D eigenvalue weighted by Gasteiger charge is 2.33. The molecule has 0 aliphatic carbocycles. The fourth-order valence-electron chi connectivity index (χ4n) is 1.69. The molecule has 0 spiro atoms. The number of cyclic esters (lactones) is 1. The van der Waals surface area contributed by atoms with Crippen molar-refractivity contribution >= 4 is 14.2 Å². The van der Waals surface area contributed by atoms with Gasteiger partial charge >= 0.3 is 6.09 Å². The van der Waals surface area contributed by atoms with Gasteiger partial charge < -0.3 is 4.74 Å². The molecule has 0 N–H and O–H groups in total. The van der Waals surface area contributed by atoms with Crippen molar-refractivity contribution in [2.45, 2.75) is 25.7 Å². The van der Waals surface area contributed by atoms with Crippen LogP contribution in [0.1, 0.15) is 11.6 Å². The van der Waals surface area contributed by atoms with E-state index in [0.29, 0.717) is 6.61 Å². The van der Waals surface area contributed by atoms with Crippen molar-refractivity contribution in [1.29, 1.82) is 0 Å². The normalized spacial score (nSPS) is 19.2. The molecule has 0 aromatic heterocycles. The number of nitrogens with zero attached hydrogens (tertiary/aromatic N) is 1. The van der Waals surface area contributed by atoms with Gasteiger partial charge in [0.2, 0.25) is 0 Å². The Kier molecular flexibility index (Phi) is 3.44. The lowest BCUT2D eigenvalue weighted by molar-refractivity contribution is 0.167. The minimum absolute atomic E-state index is 0.0810. The first-order valence-electron chi connectivity index (χ1n) is 6.01. The number of ether oxygens (including phenoxy) is 1. The van der Waals surface area contributed by atoms with Gasteiger partial charge in [0.15, 0.2) is 0 Å². The van der Waals surface area contributed by atoms with Crippen molar-refractivity contribution < 1.29 is 9.53 Å². The van der Waals surface area contributed by atoms with Gasteiger partial charge in [-0.15, -0.1) is 5.54 Å². The predicted molar refractivity (Wildman–Crippen MR) is 73.5 cm³/mol. The van der Waals surface area contributed by atoms with Crippen molar-refractivity contribution in [3.05, 3.63) is 35.9 Å². The van der Waals surface area contributed by atoms with Crippen LogP contribution in [0.25, 0.3) is 0 Å². The lowest BCUT2D eigenvalue weighted by Crippen LogP contribution is -2.25. The van der Waals surface area contributed by atoms with Crippen molar-refractivity contribution in [2.24, 2.45) is 0 Å². The van der Waals surface area contributed by atoms with E-state index in [0.717, 1.165) is 5.56 Å². The summed E-state index contributed by atoms with van der Waals surface area (Å²) >= 11 is 0. The van der Waals surface area contributed by atoms with Crippen molar-refractivity contribution in [2.75, 3.05) is 6.61 Å². The predicted octanol–water partition coefficient (Wildman–Crippen LogP) is 3.02. The van der Waals surface area contributed by atoms with Crippen LogP contribution in [0, 0.1) is 11.6 Å². The summed E-state index contributed by atoms with van der Waals surface area (Å²) in [6.45, 7) is 6.83. The summed E-state index contributed by atoms with van der Waals surface area (Å²) in [5, 5.41) is 0. The molecule has 1 fully saturated rings. The molecule has 1 atom stereocenters. The fourth-order valence-corrected chi connectivity index (χ4v) is 2.15. The van der Waals surface area contributed by atoms with E-state index in [9.17, 15) is 4.79 Å². The minimum atomic E-state index is -1.50. The molecule has 1 aliphatic heterocycles. The van der Waals surface area contributed by atoms with Gasteiger partial charge in [-0.1, -0.05) is 50.0 Å². The summed E-state index contributed by atoms with van der Waals surface area (Å²) in [7, 11) is -1.50.